The van der Waals surface area contributed by atoms with Crippen LogP contribution in [0, 0.1) is 0 Å². The number of rotatable bonds is 7. The number of hydrogen-bond donors (Lipinski definition) is 1. The molecule has 0 saturated carbocycles. The molecule has 0 aromatic rings. The fourth-order valence-corrected chi connectivity index (χ4v) is 2.15. The summed E-state index contributed by atoms with van der Waals surface area (Å²) in [6.45, 7) is 4.26. The van der Waals surface area contributed by atoms with Crippen molar-refractivity contribution >= 4 is 10.0 Å². The van der Waals surface area contributed by atoms with Crippen LogP contribution in [0.25, 0.3) is 0 Å². The zero-order valence-corrected chi connectivity index (χ0v) is 9.18. The monoisotopic (exact) mass is 209 g/mol. The van der Waals surface area contributed by atoms with Gasteiger partial charge in [0, 0.05) is 13.1 Å². The van der Waals surface area contributed by atoms with Crippen LogP contribution in [0.15, 0.2) is 0 Å². The molecule has 0 spiro atoms. The molecule has 0 bridgehead atoms. The Balaban J connectivity index is 4.23. The summed E-state index contributed by atoms with van der Waals surface area (Å²) < 4.78 is 24.2. The molecule has 0 amide bonds. The van der Waals surface area contributed by atoms with Crippen LogP contribution in [0.4, 0.5) is 0 Å². The zero-order valence-electron chi connectivity index (χ0n) is 8.36. The third-order valence-corrected chi connectivity index (χ3v) is 3.75. The summed E-state index contributed by atoms with van der Waals surface area (Å²) in [4.78, 5) is 0. The van der Waals surface area contributed by atoms with Crippen LogP contribution in [0.2, 0.25) is 0 Å². The lowest BCUT2D eigenvalue weighted by Gasteiger charge is -2.19. The van der Waals surface area contributed by atoms with Crippen molar-refractivity contribution in [3.8, 4) is 0 Å². The molecular weight excluding hydrogens is 190 g/mol. The Kier molecular flexibility index (Phi) is 6.28. The Bertz CT molecular complexity index is 213. The Labute approximate surface area is 80.6 Å². The fraction of sp³-hybridized carbons (Fsp3) is 1.00. The van der Waals surface area contributed by atoms with Gasteiger partial charge in [-0.15, -0.1) is 0 Å². The van der Waals surface area contributed by atoms with Crippen LogP contribution in [0.5, 0.6) is 0 Å². The molecule has 0 radical (unpaired) electrons. The maximum Gasteiger partial charge on any atom is 0.213 e. The van der Waals surface area contributed by atoms with Crippen molar-refractivity contribution in [3.05, 3.63) is 0 Å². The summed E-state index contributed by atoms with van der Waals surface area (Å²) in [5.74, 6) is 0.108. The molecule has 13 heavy (non-hydrogen) atoms. The largest absolute Gasteiger partial charge is 0.395 e. The molecule has 1 N–H and O–H groups in total. The van der Waals surface area contributed by atoms with E-state index in [1.165, 1.54) is 4.31 Å². The molecule has 0 heterocycles. The second-order valence-electron chi connectivity index (χ2n) is 2.88. The maximum absolute atomic E-state index is 11.4. The van der Waals surface area contributed by atoms with Crippen molar-refractivity contribution in [2.75, 3.05) is 25.4 Å². The van der Waals surface area contributed by atoms with Gasteiger partial charge in [-0.3, -0.25) is 0 Å². The van der Waals surface area contributed by atoms with Gasteiger partial charge in [-0.1, -0.05) is 13.3 Å². The van der Waals surface area contributed by atoms with Crippen molar-refractivity contribution in [1.82, 2.24) is 4.31 Å². The Morgan fingerprint density at radius 2 is 1.85 bits per heavy atom. The van der Waals surface area contributed by atoms with E-state index >= 15 is 0 Å². The number of aliphatic hydroxyl groups is 1. The smallest absolute Gasteiger partial charge is 0.213 e. The topological polar surface area (TPSA) is 57.6 Å². The van der Waals surface area contributed by atoms with Crippen molar-refractivity contribution in [2.45, 2.75) is 26.7 Å². The first-order chi connectivity index (χ1) is 6.08. The van der Waals surface area contributed by atoms with Gasteiger partial charge in [0.15, 0.2) is 0 Å². The number of unbranched alkanes of at least 4 members (excludes halogenated alkanes) is 1. The van der Waals surface area contributed by atoms with Crippen LogP contribution < -0.4 is 0 Å². The second-order valence-corrected chi connectivity index (χ2v) is 5.13. The molecule has 0 aromatic heterocycles. The van der Waals surface area contributed by atoms with Crippen LogP contribution in [0.3, 0.4) is 0 Å². The van der Waals surface area contributed by atoms with Gasteiger partial charge in [0.2, 0.25) is 10.0 Å². The summed E-state index contributed by atoms with van der Waals surface area (Å²) in [7, 11) is -3.12. The minimum absolute atomic E-state index is 0.108. The molecule has 0 aromatic carbocycles. The Morgan fingerprint density at radius 1 is 1.23 bits per heavy atom. The highest BCUT2D eigenvalue weighted by Crippen LogP contribution is 2.03. The molecular formula is C8H19NO3S. The van der Waals surface area contributed by atoms with Crippen molar-refractivity contribution in [1.29, 1.82) is 0 Å². The average Bonchev–Trinajstić information content (AvgIpc) is 2.12. The second kappa shape index (κ2) is 6.34. The van der Waals surface area contributed by atoms with Gasteiger partial charge in [0.05, 0.1) is 12.4 Å². The summed E-state index contributed by atoms with van der Waals surface area (Å²) in [6, 6.07) is 0. The van der Waals surface area contributed by atoms with Gasteiger partial charge in [-0.25, -0.2) is 8.42 Å². The molecule has 0 aliphatic carbocycles. The highest BCUT2D eigenvalue weighted by molar-refractivity contribution is 7.89. The van der Waals surface area contributed by atoms with E-state index in [0.29, 0.717) is 6.54 Å². The molecule has 0 unspecified atom stereocenters. The predicted octanol–water partition coefficient (Wildman–Crippen LogP) is 0.430. The lowest BCUT2D eigenvalue weighted by atomic mass is 10.3. The van der Waals surface area contributed by atoms with E-state index in [-0.39, 0.29) is 18.9 Å². The van der Waals surface area contributed by atoms with E-state index in [1.54, 1.807) is 6.92 Å². The molecule has 4 nitrogen and oxygen atoms in total. The normalized spacial score (nSPS) is 12.3. The van der Waals surface area contributed by atoms with Crippen molar-refractivity contribution < 1.29 is 13.5 Å². The first kappa shape index (κ1) is 12.9. The van der Waals surface area contributed by atoms with E-state index < -0.39 is 10.0 Å². The Hall–Kier alpha value is -0.130. The molecule has 0 fully saturated rings. The number of sulfonamides is 1. The maximum atomic E-state index is 11.4. The standard InChI is InChI=1S/C8H19NO3S/c1-3-5-6-9(7-8-10)13(11,12)4-2/h10H,3-8H2,1-2H3. The van der Waals surface area contributed by atoms with Gasteiger partial charge in [0.25, 0.3) is 0 Å². The molecule has 0 atom stereocenters. The van der Waals surface area contributed by atoms with Crippen LogP contribution in [-0.2, 0) is 10.0 Å². The van der Waals surface area contributed by atoms with E-state index in [4.69, 9.17) is 5.11 Å². The van der Waals surface area contributed by atoms with E-state index in [1.807, 2.05) is 6.92 Å². The van der Waals surface area contributed by atoms with Crippen LogP contribution in [-0.4, -0.2) is 43.3 Å². The number of hydrogen-bond acceptors (Lipinski definition) is 3. The summed E-state index contributed by atoms with van der Waals surface area (Å²) in [5.41, 5.74) is 0. The van der Waals surface area contributed by atoms with Gasteiger partial charge < -0.3 is 5.11 Å². The van der Waals surface area contributed by atoms with Crippen molar-refractivity contribution in [2.24, 2.45) is 0 Å². The number of aliphatic hydroxyl groups excluding tert-OH is 1. The Morgan fingerprint density at radius 3 is 2.23 bits per heavy atom. The van der Waals surface area contributed by atoms with Crippen molar-refractivity contribution in [3.63, 3.8) is 0 Å². The first-order valence-electron chi connectivity index (χ1n) is 4.67. The minimum Gasteiger partial charge on any atom is -0.395 e. The first-order valence-corrected chi connectivity index (χ1v) is 6.28. The summed E-state index contributed by atoms with van der Waals surface area (Å²) in [6.07, 6.45) is 1.81. The average molecular weight is 209 g/mol. The van der Waals surface area contributed by atoms with Gasteiger partial charge in [-0.2, -0.15) is 4.31 Å². The summed E-state index contributed by atoms with van der Waals surface area (Å²) in [5, 5.41) is 8.69. The van der Waals surface area contributed by atoms with E-state index in [9.17, 15) is 8.42 Å². The quantitative estimate of drug-likeness (QED) is 0.661. The molecule has 0 rings (SSSR count). The zero-order chi connectivity index (χ0) is 10.3. The van der Waals surface area contributed by atoms with Crippen LogP contribution in [0.1, 0.15) is 26.7 Å². The SMILES string of the molecule is CCCCN(CCO)S(=O)(=O)CC. The molecule has 80 valence electrons. The lowest BCUT2D eigenvalue weighted by molar-refractivity contribution is 0.252. The van der Waals surface area contributed by atoms with Gasteiger partial charge in [-0.05, 0) is 13.3 Å². The van der Waals surface area contributed by atoms with Gasteiger partial charge in [0.1, 0.15) is 0 Å². The lowest BCUT2D eigenvalue weighted by Crippen LogP contribution is -2.35. The minimum atomic E-state index is -3.12. The summed E-state index contributed by atoms with van der Waals surface area (Å²) >= 11 is 0. The molecule has 5 heteroatoms. The van der Waals surface area contributed by atoms with Crippen LogP contribution >= 0.6 is 0 Å². The highest BCUT2D eigenvalue weighted by atomic mass is 32.2. The molecule has 0 aliphatic rings. The van der Waals surface area contributed by atoms with Gasteiger partial charge >= 0.3 is 0 Å². The highest BCUT2D eigenvalue weighted by Gasteiger charge is 2.17. The molecule has 0 saturated heterocycles. The third-order valence-electron chi connectivity index (χ3n) is 1.87. The third kappa shape index (κ3) is 4.59. The van der Waals surface area contributed by atoms with E-state index in [0.717, 1.165) is 12.8 Å². The molecule has 0 aliphatic heterocycles. The predicted molar refractivity (Wildman–Crippen MR) is 53.0 cm³/mol. The fourth-order valence-electron chi connectivity index (χ4n) is 1.02. The number of nitrogens with zero attached hydrogens (tertiary/aromatic N) is 1. The van der Waals surface area contributed by atoms with E-state index in [2.05, 4.69) is 0 Å².